The smallest absolute Gasteiger partial charge is 0.423 e. The van der Waals surface area contributed by atoms with Gasteiger partial charge in [-0.05, 0) is 25.1 Å². The van der Waals surface area contributed by atoms with Gasteiger partial charge >= 0.3 is 12.1 Å². The molecule has 22 heavy (non-hydrogen) atoms. The summed E-state index contributed by atoms with van der Waals surface area (Å²) in [6.07, 6.45) is -4.31. The summed E-state index contributed by atoms with van der Waals surface area (Å²) in [5.41, 5.74) is -5.30. The average molecular weight is 315 g/mol. The van der Waals surface area contributed by atoms with Gasteiger partial charge in [0, 0.05) is 6.07 Å². The number of azo groups is 1. The van der Waals surface area contributed by atoms with Gasteiger partial charge in [0.25, 0.3) is 5.69 Å². The van der Waals surface area contributed by atoms with Gasteiger partial charge < -0.3 is 5.11 Å². The monoisotopic (exact) mass is 315 g/mol. The van der Waals surface area contributed by atoms with Gasteiger partial charge in [0.05, 0.1) is 21.7 Å². The molecule has 0 fully saturated rings. The zero-order valence-corrected chi connectivity index (χ0v) is 11.0. The fourth-order valence-electron chi connectivity index (χ4n) is 2.08. The van der Waals surface area contributed by atoms with Crippen LogP contribution in [0.15, 0.2) is 40.2 Å². The number of halogens is 3. The van der Waals surface area contributed by atoms with E-state index in [4.69, 9.17) is 5.11 Å². The summed E-state index contributed by atoms with van der Waals surface area (Å²) in [5.74, 6) is -1.49. The molecule has 1 N–H and O–H groups in total. The maximum Gasteiger partial charge on any atom is 0.423 e. The lowest BCUT2D eigenvalue weighted by Gasteiger charge is -2.25. The molecule has 2 rings (SSSR count). The lowest BCUT2D eigenvalue weighted by molar-refractivity contribution is -0.386. The van der Waals surface area contributed by atoms with E-state index in [9.17, 15) is 28.1 Å². The van der Waals surface area contributed by atoms with Crippen molar-refractivity contribution >= 4 is 11.7 Å². The molecule has 0 amide bonds. The molecular formula is C12H8F3N3O4. The molecule has 0 radical (unpaired) electrons. The van der Waals surface area contributed by atoms with Gasteiger partial charge in [-0.3, -0.25) is 10.1 Å². The van der Waals surface area contributed by atoms with E-state index >= 15 is 0 Å². The zero-order valence-electron chi connectivity index (χ0n) is 11.0. The summed E-state index contributed by atoms with van der Waals surface area (Å²) in [7, 11) is 0. The van der Waals surface area contributed by atoms with Crippen molar-refractivity contribution in [1.29, 1.82) is 0 Å². The number of allylic oxidation sites excluding steroid dienone is 1. The minimum absolute atomic E-state index is 0.0473. The first-order valence-electron chi connectivity index (χ1n) is 5.80. The number of rotatable bonds is 3. The van der Waals surface area contributed by atoms with Crippen molar-refractivity contribution in [2.75, 3.05) is 0 Å². The van der Waals surface area contributed by atoms with Crippen LogP contribution in [0.3, 0.4) is 0 Å². The highest BCUT2D eigenvalue weighted by Crippen LogP contribution is 2.50. The minimum atomic E-state index is -4.97. The summed E-state index contributed by atoms with van der Waals surface area (Å²) in [5, 5.41) is 26.4. The van der Waals surface area contributed by atoms with Gasteiger partial charge in [0.1, 0.15) is 0 Å². The number of carbonyl (C=O) groups is 1. The number of carboxylic acid groups (broad SMARTS) is 1. The summed E-state index contributed by atoms with van der Waals surface area (Å²) < 4.78 is 40.3. The molecule has 1 atom stereocenters. The Morgan fingerprint density at radius 3 is 2.45 bits per heavy atom. The van der Waals surface area contributed by atoms with Crippen LogP contribution in [-0.4, -0.2) is 22.2 Å². The molecule has 0 aromatic heterocycles. The summed E-state index contributed by atoms with van der Waals surface area (Å²) >= 11 is 0. The number of hydrogen-bond acceptors (Lipinski definition) is 5. The van der Waals surface area contributed by atoms with Gasteiger partial charge in [-0.1, -0.05) is 0 Å². The van der Waals surface area contributed by atoms with Gasteiger partial charge in [0.15, 0.2) is 0 Å². The molecule has 1 aromatic rings. The molecule has 0 saturated carbocycles. The number of aromatic carboxylic acids is 1. The van der Waals surface area contributed by atoms with Crippen molar-refractivity contribution in [1.82, 2.24) is 0 Å². The summed E-state index contributed by atoms with van der Waals surface area (Å²) in [6, 6.07) is 2.17. The van der Waals surface area contributed by atoms with Crippen LogP contribution in [0, 0.1) is 10.1 Å². The number of nitro benzene ring substituents is 1. The van der Waals surface area contributed by atoms with E-state index in [-0.39, 0.29) is 5.70 Å². The molecule has 7 nitrogen and oxygen atoms in total. The van der Waals surface area contributed by atoms with E-state index in [1.807, 2.05) is 0 Å². The number of nitro groups is 1. The Morgan fingerprint density at radius 2 is 2.05 bits per heavy atom. The maximum absolute atomic E-state index is 13.4. The standard InChI is InChI=1S/C12H8F3N3O4/c1-6-5-11(17-16-6,12(13,14)15)8-3-2-7(10(19)20)4-9(8)18(21)22/h2-5H,1H3,(H,19,20). The van der Waals surface area contributed by atoms with Crippen LogP contribution < -0.4 is 0 Å². The molecular weight excluding hydrogens is 307 g/mol. The molecule has 1 heterocycles. The second-order valence-corrected chi connectivity index (χ2v) is 4.54. The molecule has 116 valence electrons. The molecule has 0 bridgehead atoms. The van der Waals surface area contributed by atoms with Crippen LogP contribution in [0.5, 0.6) is 0 Å². The van der Waals surface area contributed by atoms with E-state index in [2.05, 4.69) is 10.2 Å². The van der Waals surface area contributed by atoms with Crippen molar-refractivity contribution in [2.24, 2.45) is 10.2 Å². The lowest BCUT2D eigenvalue weighted by atomic mass is 9.87. The number of hydrogen-bond donors (Lipinski definition) is 1. The third-order valence-corrected chi connectivity index (χ3v) is 3.07. The van der Waals surface area contributed by atoms with Crippen LogP contribution in [0.1, 0.15) is 22.8 Å². The van der Waals surface area contributed by atoms with Crippen LogP contribution in [0.4, 0.5) is 18.9 Å². The number of carboxylic acids is 1. The van der Waals surface area contributed by atoms with Crippen LogP contribution in [-0.2, 0) is 5.54 Å². The Balaban J connectivity index is 2.77. The van der Waals surface area contributed by atoms with Crippen LogP contribution >= 0.6 is 0 Å². The highest BCUT2D eigenvalue weighted by atomic mass is 19.4. The first kappa shape index (κ1) is 15.6. The third kappa shape index (κ3) is 2.32. The van der Waals surface area contributed by atoms with Gasteiger partial charge in [0.2, 0.25) is 5.54 Å². The maximum atomic E-state index is 13.4. The zero-order chi connectivity index (χ0) is 16.7. The molecule has 10 heteroatoms. The first-order valence-corrected chi connectivity index (χ1v) is 5.80. The predicted molar refractivity (Wildman–Crippen MR) is 66.4 cm³/mol. The molecule has 1 aliphatic heterocycles. The van der Waals surface area contributed by atoms with E-state index in [1.165, 1.54) is 6.92 Å². The molecule has 0 aliphatic carbocycles. The highest BCUT2D eigenvalue weighted by Gasteiger charge is 2.59. The van der Waals surface area contributed by atoms with Gasteiger partial charge in [-0.25, -0.2) is 4.79 Å². The lowest BCUT2D eigenvalue weighted by Crippen LogP contribution is -2.38. The van der Waals surface area contributed by atoms with Crippen molar-refractivity contribution in [3.8, 4) is 0 Å². The van der Waals surface area contributed by atoms with E-state index in [0.29, 0.717) is 12.1 Å². The first-order chi connectivity index (χ1) is 10.1. The fourth-order valence-corrected chi connectivity index (χ4v) is 2.08. The minimum Gasteiger partial charge on any atom is -0.478 e. The number of benzene rings is 1. The van der Waals surface area contributed by atoms with Crippen molar-refractivity contribution < 1.29 is 28.0 Å². The normalized spacial score (nSPS) is 20.8. The molecule has 1 unspecified atom stereocenters. The summed E-state index contributed by atoms with van der Waals surface area (Å²) in [4.78, 5) is 20.8. The van der Waals surface area contributed by atoms with Gasteiger partial charge in [-0.2, -0.15) is 23.4 Å². The Hall–Kier alpha value is -2.78. The Kier molecular flexibility index (Phi) is 3.47. The van der Waals surface area contributed by atoms with Crippen molar-refractivity contribution in [3.05, 3.63) is 51.2 Å². The largest absolute Gasteiger partial charge is 0.478 e. The number of nitrogens with zero attached hydrogens (tertiary/aromatic N) is 3. The highest BCUT2D eigenvalue weighted by molar-refractivity contribution is 5.88. The Morgan fingerprint density at radius 1 is 1.41 bits per heavy atom. The molecule has 0 saturated heterocycles. The topological polar surface area (TPSA) is 105 Å². The van der Waals surface area contributed by atoms with Gasteiger partial charge in [-0.15, -0.1) is 0 Å². The number of alkyl halides is 3. The third-order valence-electron chi connectivity index (χ3n) is 3.07. The molecule has 1 aromatic carbocycles. The van der Waals surface area contributed by atoms with Crippen LogP contribution in [0.25, 0.3) is 0 Å². The van der Waals surface area contributed by atoms with E-state index in [0.717, 1.165) is 12.1 Å². The molecule has 0 spiro atoms. The average Bonchev–Trinajstić information content (AvgIpc) is 2.81. The summed E-state index contributed by atoms with van der Waals surface area (Å²) in [6.45, 7) is 1.27. The van der Waals surface area contributed by atoms with E-state index in [1.54, 1.807) is 0 Å². The quantitative estimate of drug-likeness (QED) is 0.681. The second-order valence-electron chi connectivity index (χ2n) is 4.54. The SMILES string of the molecule is CC1=CC(c2ccc(C(=O)O)cc2[N+](=O)[O-])(C(F)(F)F)N=N1. The Bertz CT molecular complexity index is 727. The Labute approximate surface area is 120 Å². The molecule has 1 aliphatic rings. The second kappa shape index (κ2) is 4.90. The fraction of sp³-hybridized carbons (Fsp3) is 0.250. The van der Waals surface area contributed by atoms with Crippen molar-refractivity contribution in [3.63, 3.8) is 0 Å². The van der Waals surface area contributed by atoms with Crippen LogP contribution in [0.2, 0.25) is 0 Å². The van der Waals surface area contributed by atoms with E-state index < -0.39 is 39.4 Å². The van der Waals surface area contributed by atoms with Crippen molar-refractivity contribution in [2.45, 2.75) is 18.6 Å². The predicted octanol–water partition coefficient (Wildman–Crippen LogP) is 3.42.